The van der Waals surface area contributed by atoms with E-state index in [9.17, 15) is 14.9 Å². The quantitative estimate of drug-likeness (QED) is 0.675. The lowest BCUT2D eigenvalue weighted by Crippen LogP contribution is -2.50. The van der Waals surface area contributed by atoms with E-state index < -0.39 is 4.92 Å². The van der Waals surface area contributed by atoms with Gasteiger partial charge in [0.1, 0.15) is 0 Å². The molecule has 0 bridgehead atoms. The van der Waals surface area contributed by atoms with Crippen LogP contribution in [0.3, 0.4) is 0 Å². The molecule has 7 nitrogen and oxygen atoms in total. The minimum Gasteiger partial charge on any atom is -0.368 e. The molecule has 1 saturated heterocycles. The number of urea groups is 1. The molecule has 1 fully saturated rings. The van der Waals surface area contributed by atoms with Gasteiger partial charge in [-0.05, 0) is 37.6 Å². The van der Waals surface area contributed by atoms with Crippen LogP contribution in [-0.2, 0) is 0 Å². The smallest absolute Gasteiger partial charge is 0.321 e. The molecule has 0 unspecified atom stereocenters. The van der Waals surface area contributed by atoms with Crippen molar-refractivity contribution in [2.45, 2.75) is 13.8 Å². The molecule has 0 aromatic heterocycles. The third-order valence-corrected chi connectivity index (χ3v) is 4.62. The number of nitro benzene ring substituents is 1. The third-order valence-electron chi connectivity index (χ3n) is 4.62. The zero-order chi connectivity index (χ0) is 18.7. The fourth-order valence-corrected chi connectivity index (χ4v) is 3.10. The number of amides is 2. The number of nitro groups is 1. The minimum absolute atomic E-state index is 0.0835. The highest BCUT2D eigenvalue weighted by Crippen LogP contribution is 2.21. The molecule has 0 saturated carbocycles. The van der Waals surface area contributed by atoms with Crippen LogP contribution in [0.15, 0.2) is 42.5 Å². The summed E-state index contributed by atoms with van der Waals surface area (Å²) in [6, 6.07) is 12.4. The number of piperazine rings is 1. The van der Waals surface area contributed by atoms with E-state index in [2.05, 4.69) is 10.2 Å². The van der Waals surface area contributed by atoms with Crippen LogP contribution in [0.4, 0.5) is 21.9 Å². The Kier molecular flexibility index (Phi) is 5.06. The maximum absolute atomic E-state index is 12.5. The molecule has 136 valence electrons. The number of hydrogen-bond acceptors (Lipinski definition) is 4. The summed E-state index contributed by atoms with van der Waals surface area (Å²) in [4.78, 5) is 26.7. The lowest BCUT2D eigenvalue weighted by molar-refractivity contribution is -0.384. The fourth-order valence-electron chi connectivity index (χ4n) is 3.10. The molecule has 26 heavy (non-hydrogen) atoms. The van der Waals surface area contributed by atoms with Gasteiger partial charge in [0, 0.05) is 49.7 Å². The summed E-state index contributed by atoms with van der Waals surface area (Å²) in [5, 5.41) is 13.7. The lowest BCUT2D eigenvalue weighted by atomic mass is 10.1. The molecule has 2 amide bonds. The number of rotatable bonds is 3. The highest BCUT2D eigenvalue weighted by atomic mass is 16.6. The first kappa shape index (κ1) is 17.7. The minimum atomic E-state index is -0.404. The zero-order valence-electron chi connectivity index (χ0n) is 14.9. The van der Waals surface area contributed by atoms with Crippen molar-refractivity contribution in [1.82, 2.24) is 4.90 Å². The van der Waals surface area contributed by atoms with E-state index in [-0.39, 0.29) is 11.7 Å². The van der Waals surface area contributed by atoms with E-state index in [1.807, 2.05) is 32.0 Å². The molecule has 2 aromatic rings. The van der Waals surface area contributed by atoms with E-state index >= 15 is 0 Å². The van der Waals surface area contributed by atoms with Crippen LogP contribution in [0, 0.1) is 24.0 Å². The maximum Gasteiger partial charge on any atom is 0.321 e. The van der Waals surface area contributed by atoms with Crippen molar-refractivity contribution in [2.24, 2.45) is 0 Å². The van der Waals surface area contributed by atoms with Crippen LogP contribution >= 0.6 is 0 Å². The molecule has 1 heterocycles. The van der Waals surface area contributed by atoms with Gasteiger partial charge in [0.25, 0.3) is 5.69 Å². The lowest BCUT2D eigenvalue weighted by Gasteiger charge is -2.36. The molecular weight excluding hydrogens is 332 g/mol. The van der Waals surface area contributed by atoms with Crippen LogP contribution in [-0.4, -0.2) is 42.0 Å². The predicted molar refractivity (Wildman–Crippen MR) is 102 cm³/mol. The second kappa shape index (κ2) is 7.43. The number of nitrogens with zero attached hydrogens (tertiary/aromatic N) is 3. The molecule has 0 atom stereocenters. The Morgan fingerprint density at radius 3 is 2.27 bits per heavy atom. The number of hydrogen-bond donors (Lipinski definition) is 1. The van der Waals surface area contributed by atoms with Gasteiger partial charge < -0.3 is 15.1 Å². The highest BCUT2D eigenvalue weighted by Gasteiger charge is 2.22. The van der Waals surface area contributed by atoms with Gasteiger partial charge in [0.05, 0.1) is 4.92 Å². The number of benzene rings is 2. The molecule has 1 aliphatic rings. The second-order valence-corrected chi connectivity index (χ2v) is 6.50. The number of carbonyl (C=O) groups excluding carboxylic acids is 1. The molecule has 0 aliphatic carbocycles. The second-order valence-electron chi connectivity index (χ2n) is 6.50. The van der Waals surface area contributed by atoms with Gasteiger partial charge in [-0.15, -0.1) is 0 Å². The summed E-state index contributed by atoms with van der Waals surface area (Å²) in [7, 11) is 0. The molecule has 3 rings (SSSR count). The van der Waals surface area contributed by atoms with E-state index in [4.69, 9.17) is 0 Å². The van der Waals surface area contributed by atoms with Crippen molar-refractivity contribution in [2.75, 3.05) is 36.4 Å². The van der Waals surface area contributed by atoms with E-state index in [1.54, 1.807) is 17.0 Å². The first-order valence-corrected chi connectivity index (χ1v) is 8.56. The normalized spacial score (nSPS) is 14.2. The third kappa shape index (κ3) is 3.93. The molecule has 7 heteroatoms. The van der Waals surface area contributed by atoms with Crippen molar-refractivity contribution in [3.8, 4) is 0 Å². The topological polar surface area (TPSA) is 78.7 Å². The maximum atomic E-state index is 12.5. The van der Waals surface area contributed by atoms with Gasteiger partial charge in [-0.1, -0.05) is 17.7 Å². The van der Waals surface area contributed by atoms with Gasteiger partial charge in [-0.2, -0.15) is 0 Å². The van der Waals surface area contributed by atoms with Gasteiger partial charge in [0.2, 0.25) is 0 Å². The van der Waals surface area contributed by atoms with Crippen molar-refractivity contribution in [3.05, 3.63) is 63.7 Å². The first-order valence-electron chi connectivity index (χ1n) is 8.56. The van der Waals surface area contributed by atoms with Crippen LogP contribution in [0.25, 0.3) is 0 Å². The average molecular weight is 354 g/mol. The Labute approximate surface area is 152 Å². The number of carbonyl (C=O) groups is 1. The van der Waals surface area contributed by atoms with Gasteiger partial charge in [-0.25, -0.2) is 4.79 Å². The van der Waals surface area contributed by atoms with Crippen molar-refractivity contribution in [1.29, 1.82) is 0 Å². The SMILES string of the molecule is Cc1ccc(NC(=O)N2CCN(c3ccc([N+](=O)[O-])cc3)CC2)c(C)c1. The summed E-state index contributed by atoms with van der Waals surface area (Å²) in [5.41, 5.74) is 4.06. The van der Waals surface area contributed by atoms with Gasteiger partial charge in [-0.3, -0.25) is 10.1 Å². The van der Waals surface area contributed by atoms with Crippen molar-refractivity contribution >= 4 is 23.1 Å². The molecule has 0 spiro atoms. The Hall–Kier alpha value is -3.09. The summed E-state index contributed by atoms with van der Waals surface area (Å²) < 4.78 is 0. The Morgan fingerprint density at radius 1 is 1.04 bits per heavy atom. The van der Waals surface area contributed by atoms with Crippen LogP contribution in [0.5, 0.6) is 0 Å². The number of non-ortho nitro benzene ring substituents is 1. The zero-order valence-corrected chi connectivity index (χ0v) is 14.9. The summed E-state index contributed by atoms with van der Waals surface area (Å²) in [6.07, 6.45) is 0. The Bertz CT molecular complexity index is 812. The Morgan fingerprint density at radius 2 is 1.69 bits per heavy atom. The molecule has 0 radical (unpaired) electrons. The van der Waals surface area contributed by atoms with E-state index in [1.165, 1.54) is 12.1 Å². The van der Waals surface area contributed by atoms with Crippen LogP contribution in [0.2, 0.25) is 0 Å². The first-order chi connectivity index (χ1) is 12.4. The molecule has 1 aliphatic heterocycles. The molecule has 1 N–H and O–H groups in total. The Balaban J connectivity index is 1.57. The largest absolute Gasteiger partial charge is 0.368 e. The van der Waals surface area contributed by atoms with E-state index in [0.29, 0.717) is 26.2 Å². The summed E-state index contributed by atoms with van der Waals surface area (Å²) in [5.74, 6) is 0. The number of anilines is 2. The standard InChI is InChI=1S/C19H22N4O3/c1-14-3-8-18(15(2)13-14)20-19(24)22-11-9-21(10-12-22)16-4-6-17(7-5-16)23(25)26/h3-8,13H,9-12H2,1-2H3,(H,20,24). The van der Waals surface area contributed by atoms with Crippen LogP contribution < -0.4 is 10.2 Å². The molecular formula is C19H22N4O3. The van der Waals surface area contributed by atoms with Crippen molar-refractivity contribution in [3.63, 3.8) is 0 Å². The summed E-state index contributed by atoms with van der Waals surface area (Å²) >= 11 is 0. The summed E-state index contributed by atoms with van der Waals surface area (Å²) in [6.45, 7) is 6.60. The highest BCUT2D eigenvalue weighted by molar-refractivity contribution is 5.90. The van der Waals surface area contributed by atoms with E-state index in [0.717, 1.165) is 22.5 Å². The van der Waals surface area contributed by atoms with Crippen LogP contribution in [0.1, 0.15) is 11.1 Å². The predicted octanol–water partition coefficient (Wildman–Crippen LogP) is 3.57. The monoisotopic (exact) mass is 354 g/mol. The number of nitrogens with one attached hydrogen (secondary N) is 1. The van der Waals surface area contributed by atoms with Gasteiger partial charge >= 0.3 is 6.03 Å². The van der Waals surface area contributed by atoms with Crippen molar-refractivity contribution < 1.29 is 9.72 Å². The average Bonchev–Trinajstić information content (AvgIpc) is 2.64. The fraction of sp³-hybridized carbons (Fsp3) is 0.316. The molecule has 2 aromatic carbocycles. The number of aryl methyl sites for hydroxylation is 2. The van der Waals surface area contributed by atoms with Gasteiger partial charge in [0.15, 0.2) is 0 Å².